The average molecular weight is 277 g/mol. The van der Waals surface area contributed by atoms with E-state index < -0.39 is 0 Å². The summed E-state index contributed by atoms with van der Waals surface area (Å²) in [7, 11) is 1.64. The normalized spacial score (nSPS) is 17.5. The number of hydrogen-bond acceptors (Lipinski definition) is 4. The Labute approximate surface area is 120 Å². The van der Waals surface area contributed by atoms with Crippen molar-refractivity contribution in [1.29, 1.82) is 0 Å². The summed E-state index contributed by atoms with van der Waals surface area (Å²) in [6.45, 7) is 4.11. The van der Waals surface area contributed by atoms with Crippen molar-refractivity contribution >= 4 is 5.97 Å². The minimum absolute atomic E-state index is 0.182. The minimum atomic E-state index is -0.355. The Bertz CT molecular complexity index is 441. The van der Waals surface area contributed by atoms with Crippen molar-refractivity contribution in [1.82, 2.24) is 4.90 Å². The predicted octanol–water partition coefficient (Wildman–Crippen LogP) is 2.79. The summed E-state index contributed by atoms with van der Waals surface area (Å²) < 4.78 is 10.7. The van der Waals surface area contributed by atoms with Crippen LogP contribution in [-0.4, -0.2) is 37.7 Å². The molecule has 1 aromatic carbocycles. The van der Waals surface area contributed by atoms with Gasteiger partial charge in [-0.1, -0.05) is 24.6 Å². The quantitative estimate of drug-likeness (QED) is 0.776. The van der Waals surface area contributed by atoms with Gasteiger partial charge in [0.1, 0.15) is 11.8 Å². The van der Waals surface area contributed by atoms with E-state index in [2.05, 4.69) is 4.90 Å². The third-order valence-corrected chi connectivity index (χ3v) is 3.70. The van der Waals surface area contributed by atoms with Gasteiger partial charge in [0.15, 0.2) is 0 Å². The molecule has 0 spiro atoms. The van der Waals surface area contributed by atoms with Crippen LogP contribution in [0.1, 0.15) is 37.8 Å². The van der Waals surface area contributed by atoms with E-state index in [0.29, 0.717) is 6.61 Å². The number of methoxy groups -OCH3 is 1. The van der Waals surface area contributed by atoms with E-state index in [1.54, 1.807) is 7.11 Å². The van der Waals surface area contributed by atoms with Gasteiger partial charge in [-0.05, 0) is 38.9 Å². The SMILES string of the molecule is CCOC(=O)C(c1ccccc1OC)N1CCCCC1. The van der Waals surface area contributed by atoms with Gasteiger partial charge < -0.3 is 9.47 Å². The van der Waals surface area contributed by atoms with Gasteiger partial charge in [-0.3, -0.25) is 4.90 Å². The Morgan fingerprint density at radius 2 is 1.95 bits per heavy atom. The van der Waals surface area contributed by atoms with Gasteiger partial charge in [-0.15, -0.1) is 0 Å². The molecule has 0 bridgehead atoms. The Morgan fingerprint density at radius 1 is 1.25 bits per heavy atom. The van der Waals surface area contributed by atoms with Crippen LogP contribution in [0.3, 0.4) is 0 Å². The maximum absolute atomic E-state index is 12.4. The molecule has 1 aromatic rings. The number of likely N-dealkylation sites (tertiary alicyclic amines) is 1. The van der Waals surface area contributed by atoms with Crippen molar-refractivity contribution in [3.8, 4) is 5.75 Å². The van der Waals surface area contributed by atoms with E-state index in [9.17, 15) is 4.79 Å². The second-order valence-electron chi connectivity index (χ2n) is 4.99. The van der Waals surface area contributed by atoms with Crippen LogP contribution in [0.4, 0.5) is 0 Å². The van der Waals surface area contributed by atoms with Crippen molar-refractivity contribution in [3.05, 3.63) is 29.8 Å². The molecule has 2 rings (SSSR count). The van der Waals surface area contributed by atoms with Crippen LogP contribution in [0.5, 0.6) is 5.75 Å². The number of esters is 1. The first-order chi connectivity index (χ1) is 9.77. The largest absolute Gasteiger partial charge is 0.496 e. The van der Waals surface area contributed by atoms with Crippen LogP contribution >= 0.6 is 0 Å². The molecule has 0 aliphatic carbocycles. The topological polar surface area (TPSA) is 38.8 Å². The first-order valence-corrected chi connectivity index (χ1v) is 7.31. The Morgan fingerprint density at radius 3 is 2.60 bits per heavy atom. The van der Waals surface area contributed by atoms with Crippen molar-refractivity contribution in [2.45, 2.75) is 32.2 Å². The first-order valence-electron chi connectivity index (χ1n) is 7.31. The zero-order valence-corrected chi connectivity index (χ0v) is 12.3. The van der Waals surface area contributed by atoms with Gasteiger partial charge in [0.2, 0.25) is 0 Å². The molecule has 110 valence electrons. The summed E-state index contributed by atoms with van der Waals surface area (Å²) in [6.07, 6.45) is 3.49. The third kappa shape index (κ3) is 3.31. The summed E-state index contributed by atoms with van der Waals surface area (Å²) in [6, 6.07) is 7.35. The van der Waals surface area contributed by atoms with E-state index in [-0.39, 0.29) is 12.0 Å². The number of rotatable bonds is 5. The number of benzene rings is 1. The number of carbonyl (C=O) groups is 1. The molecule has 20 heavy (non-hydrogen) atoms. The fourth-order valence-corrected chi connectivity index (χ4v) is 2.76. The summed E-state index contributed by atoms with van der Waals surface area (Å²) in [5.74, 6) is 0.565. The summed E-state index contributed by atoms with van der Waals surface area (Å²) in [5, 5.41) is 0. The fourth-order valence-electron chi connectivity index (χ4n) is 2.76. The van der Waals surface area contributed by atoms with Crippen LogP contribution in [-0.2, 0) is 9.53 Å². The van der Waals surface area contributed by atoms with E-state index >= 15 is 0 Å². The van der Waals surface area contributed by atoms with Crippen LogP contribution in [0.2, 0.25) is 0 Å². The Balaban J connectivity index is 2.31. The van der Waals surface area contributed by atoms with E-state index in [1.807, 2.05) is 31.2 Å². The molecule has 1 saturated heterocycles. The van der Waals surface area contributed by atoms with Gasteiger partial charge in [0, 0.05) is 5.56 Å². The van der Waals surface area contributed by atoms with Crippen molar-refractivity contribution in [2.75, 3.05) is 26.8 Å². The number of ether oxygens (including phenoxy) is 2. The molecule has 4 heteroatoms. The highest BCUT2D eigenvalue weighted by Crippen LogP contribution is 2.32. The highest BCUT2D eigenvalue weighted by molar-refractivity contribution is 5.78. The standard InChI is InChI=1S/C16H23NO3/c1-3-20-16(18)15(17-11-7-4-8-12-17)13-9-5-6-10-14(13)19-2/h5-6,9-10,15H,3-4,7-8,11-12H2,1-2H3. The third-order valence-electron chi connectivity index (χ3n) is 3.70. The molecule has 0 radical (unpaired) electrons. The van der Waals surface area contributed by atoms with E-state index in [4.69, 9.17) is 9.47 Å². The monoisotopic (exact) mass is 277 g/mol. The second-order valence-corrected chi connectivity index (χ2v) is 4.99. The number of para-hydroxylation sites is 1. The summed E-state index contributed by atoms with van der Waals surface area (Å²) in [4.78, 5) is 14.6. The van der Waals surface area contributed by atoms with Gasteiger partial charge in [0.25, 0.3) is 0 Å². The average Bonchev–Trinajstić information content (AvgIpc) is 2.49. The molecular weight excluding hydrogens is 254 g/mol. The lowest BCUT2D eigenvalue weighted by molar-refractivity contribution is -0.150. The minimum Gasteiger partial charge on any atom is -0.496 e. The smallest absolute Gasteiger partial charge is 0.328 e. The Kier molecular flexibility index (Phi) is 5.41. The number of piperidine rings is 1. The predicted molar refractivity (Wildman–Crippen MR) is 77.8 cm³/mol. The molecule has 1 atom stereocenters. The molecule has 4 nitrogen and oxygen atoms in total. The lowest BCUT2D eigenvalue weighted by Crippen LogP contribution is -2.39. The van der Waals surface area contributed by atoms with Crippen molar-refractivity contribution < 1.29 is 14.3 Å². The summed E-state index contributed by atoms with van der Waals surface area (Å²) in [5.41, 5.74) is 0.898. The van der Waals surface area contributed by atoms with Gasteiger partial charge in [0.05, 0.1) is 13.7 Å². The molecule has 1 fully saturated rings. The molecule has 0 N–H and O–H groups in total. The molecular formula is C16H23NO3. The number of nitrogens with zero attached hydrogens (tertiary/aromatic N) is 1. The van der Waals surface area contributed by atoms with Crippen LogP contribution < -0.4 is 4.74 Å². The molecule has 1 aliphatic rings. The molecule has 1 heterocycles. The lowest BCUT2D eigenvalue weighted by Gasteiger charge is -2.33. The maximum Gasteiger partial charge on any atom is 0.328 e. The zero-order chi connectivity index (χ0) is 14.4. The fraction of sp³-hybridized carbons (Fsp3) is 0.562. The van der Waals surface area contributed by atoms with E-state index in [0.717, 1.165) is 37.2 Å². The molecule has 1 aliphatic heterocycles. The van der Waals surface area contributed by atoms with Gasteiger partial charge in [-0.25, -0.2) is 4.79 Å². The summed E-state index contributed by atoms with van der Waals surface area (Å²) >= 11 is 0. The van der Waals surface area contributed by atoms with E-state index in [1.165, 1.54) is 6.42 Å². The van der Waals surface area contributed by atoms with Gasteiger partial charge >= 0.3 is 5.97 Å². The van der Waals surface area contributed by atoms with Crippen molar-refractivity contribution in [2.24, 2.45) is 0 Å². The molecule has 0 saturated carbocycles. The highest BCUT2D eigenvalue weighted by Gasteiger charge is 2.31. The zero-order valence-electron chi connectivity index (χ0n) is 12.3. The Hall–Kier alpha value is -1.55. The number of hydrogen-bond donors (Lipinski definition) is 0. The second kappa shape index (κ2) is 7.29. The van der Waals surface area contributed by atoms with Crippen LogP contribution in [0.25, 0.3) is 0 Å². The molecule has 0 aromatic heterocycles. The lowest BCUT2D eigenvalue weighted by atomic mass is 10.0. The van der Waals surface area contributed by atoms with Crippen LogP contribution in [0.15, 0.2) is 24.3 Å². The molecule has 1 unspecified atom stereocenters. The van der Waals surface area contributed by atoms with Gasteiger partial charge in [-0.2, -0.15) is 0 Å². The number of carbonyl (C=O) groups excluding carboxylic acids is 1. The van der Waals surface area contributed by atoms with Crippen LogP contribution in [0, 0.1) is 0 Å². The maximum atomic E-state index is 12.4. The van der Waals surface area contributed by atoms with Crippen molar-refractivity contribution in [3.63, 3.8) is 0 Å². The molecule has 0 amide bonds. The highest BCUT2D eigenvalue weighted by atomic mass is 16.5. The first kappa shape index (κ1) is 14.9.